The van der Waals surface area contributed by atoms with Crippen molar-refractivity contribution in [1.82, 2.24) is 16.2 Å². The van der Waals surface area contributed by atoms with E-state index in [2.05, 4.69) is 16.2 Å². The van der Waals surface area contributed by atoms with Gasteiger partial charge in [-0.05, 0) is 63.2 Å². The number of hydrogen-bond donors (Lipinski definition) is 4. The van der Waals surface area contributed by atoms with Crippen molar-refractivity contribution in [2.75, 3.05) is 0 Å². The summed E-state index contributed by atoms with van der Waals surface area (Å²) in [4.78, 5) is 36.1. The summed E-state index contributed by atoms with van der Waals surface area (Å²) in [6.45, 7) is 5.63. The van der Waals surface area contributed by atoms with Crippen LogP contribution in [0.25, 0.3) is 0 Å². The van der Waals surface area contributed by atoms with E-state index >= 15 is 0 Å². The Kier molecular flexibility index (Phi) is 5.61. The monoisotopic (exact) mass is 355 g/mol. The van der Waals surface area contributed by atoms with E-state index in [4.69, 9.17) is 0 Å². The molecule has 0 aliphatic heterocycles. The van der Waals surface area contributed by atoms with E-state index in [1.54, 1.807) is 0 Å². The van der Waals surface area contributed by atoms with Gasteiger partial charge in [0, 0.05) is 22.2 Å². The Labute approximate surface area is 151 Å². The third-order valence-corrected chi connectivity index (χ3v) is 3.30. The van der Waals surface area contributed by atoms with Crippen molar-refractivity contribution in [3.8, 4) is 5.75 Å². The van der Waals surface area contributed by atoms with Gasteiger partial charge in [0.15, 0.2) is 0 Å². The molecule has 2 rings (SSSR count). The van der Waals surface area contributed by atoms with Gasteiger partial charge in [0.25, 0.3) is 17.7 Å². The summed E-state index contributed by atoms with van der Waals surface area (Å²) in [5.41, 5.74) is 5.11. The Morgan fingerprint density at radius 1 is 0.769 bits per heavy atom. The van der Waals surface area contributed by atoms with Crippen LogP contribution in [-0.2, 0) is 0 Å². The second kappa shape index (κ2) is 7.69. The number of amides is 3. The molecule has 4 N–H and O–H groups in total. The van der Waals surface area contributed by atoms with Gasteiger partial charge >= 0.3 is 0 Å². The zero-order valence-corrected chi connectivity index (χ0v) is 14.8. The van der Waals surface area contributed by atoms with Gasteiger partial charge in [-0.25, -0.2) is 0 Å². The van der Waals surface area contributed by atoms with Crippen molar-refractivity contribution in [3.63, 3.8) is 0 Å². The molecule has 0 saturated heterocycles. The van der Waals surface area contributed by atoms with Crippen LogP contribution in [0.5, 0.6) is 5.75 Å². The summed E-state index contributed by atoms with van der Waals surface area (Å²) in [7, 11) is 0. The van der Waals surface area contributed by atoms with E-state index in [0.29, 0.717) is 5.56 Å². The fourth-order valence-electron chi connectivity index (χ4n) is 2.09. The first-order chi connectivity index (χ1) is 12.2. The lowest BCUT2D eigenvalue weighted by Gasteiger charge is -2.20. The SMILES string of the molecule is CC(C)(C)NC(=O)c1ccc(C(=O)NNC(=O)c2cccc(O)c2)cc1. The molecule has 2 aromatic rings. The summed E-state index contributed by atoms with van der Waals surface area (Å²) in [5.74, 6) is -1.37. The summed E-state index contributed by atoms with van der Waals surface area (Å²) in [6.07, 6.45) is 0. The van der Waals surface area contributed by atoms with Crippen LogP contribution < -0.4 is 16.2 Å². The molecule has 0 fully saturated rings. The zero-order valence-electron chi connectivity index (χ0n) is 14.8. The lowest BCUT2D eigenvalue weighted by atomic mass is 10.1. The normalized spacial score (nSPS) is 10.7. The van der Waals surface area contributed by atoms with Crippen LogP contribution in [0.3, 0.4) is 0 Å². The van der Waals surface area contributed by atoms with Crippen LogP contribution in [0.4, 0.5) is 0 Å². The van der Waals surface area contributed by atoms with Crippen LogP contribution >= 0.6 is 0 Å². The highest BCUT2D eigenvalue weighted by Gasteiger charge is 2.16. The van der Waals surface area contributed by atoms with E-state index in [1.807, 2.05) is 20.8 Å². The number of hydrazine groups is 1. The lowest BCUT2D eigenvalue weighted by molar-refractivity contribution is 0.0846. The number of carbonyl (C=O) groups is 3. The molecule has 0 radical (unpaired) electrons. The third kappa shape index (κ3) is 5.34. The lowest BCUT2D eigenvalue weighted by Crippen LogP contribution is -2.41. The Morgan fingerprint density at radius 3 is 1.77 bits per heavy atom. The molecular formula is C19H21N3O4. The molecule has 0 aromatic heterocycles. The first-order valence-corrected chi connectivity index (χ1v) is 7.98. The quantitative estimate of drug-likeness (QED) is 0.632. The molecule has 0 unspecified atom stereocenters. The van der Waals surface area contributed by atoms with Crippen LogP contribution in [-0.4, -0.2) is 28.4 Å². The van der Waals surface area contributed by atoms with Gasteiger partial charge < -0.3 is 10.4 Å². The summed E-state index contributed by atoms with van der Waals surface area (Å²) < 4.78 is 0. The number of nitrogens with one attached hydrogen (secondary N) is 3. The number of phenols is 1. The van der Waals surface area contributed by atoms with E-state index in [9.17, 15) is 19.5 Å². The molecule has 7 heteroatoms. The number of carbonyl (C=O) groups excluding carboxylic acids is 3. The standard InChI is InChI=1S/C19H21N3O4/c1-19(2,3)20-16(24)12-7-9-13(10-8-12)17(25)21-22-18(26)14-5-4-6-15(23)11-14/h4-11,23H,1-3H3,(H,20,24)(H,21,25)(H,22,26). The van der Waals surface area contributed by atoms with Crippen molar-refractivity contribution in [1.29, 1.82) is 0 Å². The number of benzene rings is 2. The second-order valence-corrected chi connectivity index (χ2v) is 6.74. The summed E-state index contributed by atoms with van der Waals surface area (Å²) >= 11 is 0. The minimum Gasteiger partial charge on any atom is -0.508 e. The second-order valence-electron chi connectivity index (χ2n) is 6.74. The Bertz CT molecular complexity index is 823. The average Bonchev–Trinajstić information content (AvgIpc) is 2.58. The summed E-state index contributed by atoms with van der Waals surface area (Å²) in [5, 5.41) is 12.2. The number of phenolic OH excluding ortho intramolecular Hbond substituents is 1. The summed E-state index contributed by atoms with van der Waals surface area (Å²) in [6, 6.07) is 11.8. The molecule has 2 aromatic carbocycles. The molecule has 0 aliphatic carbocycles. The fraction of sp³-hybridized carbons (Fsp3) is 0.211. The molecule has 0 atom stereocenters. The van der Waals surface area contributed by atoms with Crippen LogP contribution in [0.1, 0.15) is 51.8 Å². The van der Waals surface area contributed by atoms with Crippen molar-refractivity contribution in [3.05, 3.63) is 65.2 Å². The van der Waals surface area contributed by atoms with E-state index in [-0.39, 0.29) is 28.3 Å². The van der Waals surface area contributed by atoms with Crippen molar-refractivity contribution >= 4 is 17.7 Å². The highest BCUT2D eigenvalue weighted by atomic mass is 16.3. The highest BCUT2D eigenvalue weighted by Crippen LogP contribution is 2.10. The maximum atomic E-state index is 12.1. The average molecular weight is 355 g/mol. The first-order valence-electron chi connectivity index (χ1n) is 7.98. The van der Waals surface area contributed by atoms with Crippen LogP contribution in [0, 0.1) is 0 Å². The molecular weight excluding hydrogens is 334 g/mol. The molecule has 0 spiro atoms. The number of aromatic hydroxyl groups is 1. The zero-order chi connectivity index (χ0) is 19.3. The number of hydrogen-bond acceptors (Lipinski definition) is 4. The predicted octanol–water partition coefficient (Wildman–Crippen LogP) is 2.00. The Hall–Kier alpha value is -3.35. The van der Waals surface area contributed by atoms with Crippen molar-refractivity contribution < 1.29 is 19.5 Å². The first kappa shape index (κ1) is 19.0. The van der Waals surface area contributed by atoms with Crippen LogP contribution in [0.2, 0.25) is 0 Å². The molecule has 0 heterocycles. The molecule has 3 amide bonds. The molecule has 0 saturated carbocycles. The third-order valence-electron chi connectivity index (χ3n) is 3.30. The van der Waals surface area contributed by atoms with E-state index < -0.39 is 11.8 Å². The maximum Gasteiger partial charge on any atom is 0.269 e. The fourth-order valence-corrected chi connectivity index (χ4v) is 2.09. The van der Waals surface area contributed by atoms with Crippen LogP contribution in [0.15, 0.2) is 48.5 Å². The maximum absolute atomic E-state index is 12.1. The van der Waals surface area contributed by atoms with Gasteiger partial charge in [0.1, 0.15) is 5.75 Å². The smallest absolute Gasteiger partial charge is 0.269 e. The molecule has 7 nitrogen and oxygen atoms in total. The number of rotatable bonds is 3. The Balaban J connectivity index is 1.95. The molecule has 26 heavy (non-hydrogen) atoms. The molecule has 0 bridgehead atoms. The molecule has 136 valence electrons. The van der Waals surface area contributed by atoms with Crippen molar-refractivity contribution in [2.45, 2.75) is 26.3 Å². The highest BCUT2D eigenvalue weighted by molar-refractivity contribution is 6.00. The van der Waals surface area contributed by atoms with Crippen molar-refractivity contribution in [2.24, 2.45) is 0 Å². The predicted molar refractivity (Wildman–Crippen MR) is 96.7 cm³/mol. The van der Waals surface area contributed by atoms with Gasteiger partial charge in [0.2, 0.25) is 0 Å². The van der Waals surface area contributed by atoms with Gasteiger partial charge in [-0.2, -0.15) is 0 Å². The topological polar surface area (TPSA) is 108 Å². The van der Waals surface area contributed by atoms with E-state index in [1.165, 1.54) is 48.5 Å². The van der Waals surface area contributed by atoms with Gasteiger partial charge in [-0.1, -0.05) is 6.07 Å². The minimum atomic E-state index is -0.560. The van der Waals surface area contributed by atoms with E-state index in [0.717, 1.165) is 0 Å². The van der Waals surface area contributed by atoms with Gasteiger partial charge in [-0.15, -0.1) is 0 Å². The van der Waals surface area contributed by atoms with Gasteiger partial charge in [-0.3, -0.25) is 25.2 Å². The largest absolute Gasteiger partial charge is 0.508 e. The molecule has 0 aliphatic rings. The van der Waals surface area contributed by atoms with Gasteiger partial charge in [0.05, 0.1) is 0 Å². The Morgan fingerprint density at radius 2 is 1.27 bits per heavy atom. The minimum absolute atomic E-state index is 0.0481.